The molecule has 1 amide bonds. The van der Waals surface area contributed by atoms with E-state index in [1.54, 1.807) is 54.3 Å². The van der Waals surface area contributed by atoms with E-state index >= 15 is 0 Å². The first kappa shape index (κ1) is 21.0. The van der Waals surface area contributed by atoms with Gasteiger partial charge in [-0.15, -0.1) is 0 Å². The van der Waals surface area contributed by atoms with E-state index in [2.05, 4.69) is 0 Å². The number of sulfone groups is 1. The molecule has 1 heterocycles. The molecule has 0 aliphatic carbocycles. The van der Waals surface area contributed by atoms with Crippen LogP contribution in [-0.4, -0.2) is 42.9 Å². The van der Waals surface area contributed by atoms with Crippen molar-refractivity contribution in [1.29, 1.82) is 0 Å². The zero-order valence-corrected chi connectivity index (χ0v) is 17.7. The smallest absolute Gasteiger partial charge is 0.263 e. The van der Waals surface area contributed by atoms with Gasteiger partial charge in [-0.1, -0.05) is 47.5 Å². The first-order chi connectivity index (χ1) is 13.2. The summed E-state index contributed by atoms with van der Waals surface area (Å²) in [5, 5.41) is 0.969. The van der Waals surface area contributed by atoms with Gasteiger partial charge in [0.2, 0.25) is 0 Å². The normalized spacial score (nSPS) is 19.2. The van der Waals surface area contributed by atoms with Crippen LogP contribution in [0.15, 0.2) is 48.5 Å². The number of benzene rings is 2. The summed E-state index contributed by atoms with van der Waals surface area (Å²) in [7, 11) is -3.15. The molecule has 2 aromatic rings. The van der Waals surface area contributed by atoms with Gasteiger partial charge in [0.05, 0.1) is 16.5 Å². The molecular formula is C20H21Cl2NO4S. The summed E-state index contributed by atoms with van der Waals surface area (Å²) >= 11 is 12.2. The monoisotopic (exact) mass is 441 g/mol. The number of carbonyl (C=O) groups excluding carboxylic acids is 1. The van der Waals surface area contributed by atoms with Gasteiger partial charge in [-0.05, 0) is 43.2 Å². The molecule has 2 unspecified atom stereocenters. The Morgan fingerprint density at radius 3 is 2.61 bits per heavy atom. The molecule has 3 rings (SSSR count). The molecule has 0 spiro atoms. The summed E-state index contributed by atoms with van der Waals surface area (Å²) in [5.41, 5.74) is 0.829. The molecule has 1 aliphatic rings. The number of amides is 1. The summed E-state index contributed by atoms with van der Waals surface area (Å²) < 4.78 is 29.7. The van der Waals surface area contributed by atoms with Crippen LogP contribution in [-0.2, 0) is 21.2 Å². The second-order valence-corrected chi connectivity index (χ2v) is 9.92. The van der Waals surface area contributed by atoms with Crippen molar-refractivity contribution in [3.63, 3.8) is 0 Å². The van der Waals surface area contributed by atoms with Gasteiger partial charge >= 0.3 is 0 Å². The molecule has 0 saturated carbocycles. The minimum atomic E-state index is -3.15. The van der Waals surface area contributed by atoms with Crippen molar-refractivity contribution in [3.05, 3.63) is 64.1 Å². The number of para-hydroxylation sites is 1. The second kappa shape index (κ2) is 8.72. The molecule has 1 fully saturated rings. The van der Waals surface area contributed by atoms with Crippen LogP contribution in [0.3, 0.4) is 0 Å². The fourth-order valence-electron chi connectivity index (χ4n) is 3.25. The molecule has 1 aliphatic heterocycles. The highest BCUT2D eigenvalue weighted by Gasteiger charge is 2.36. The average Bonchev–Trinajstić information content (AvgIpc) is 3.00. The van der Waals surface area contributed by atoms with Gasteiger partial charge < -0.3 is 9.64 Å². The quantitative estimate of drug-likeness (QED) is 0.679. The molecular weight excluding hydrogens is 421 g/mol. The molecule has 0 radical (unpaired) electrons. The first-order valence-electron chi connectivity index (χ1n) is 8.92. The molecule has 0 N–H and O–H groups in total. The molecule has 1 saturated heterocycles. The Hall–Kier alpha value is -1.76. The Kier molecular flexibility index (Phi) is 6.53. The topological polar surface area (TPSA) is 63.7 Å². The van der Waals surface area contributed by atoms with Crippen molar-refractivity contribution in [3.8, 4) is 5.75 Å². The Labute approximate surface area is 175 Å². The maximum absolute atomic E-state index is 13.2. The number of halogens is 2. The minimum absolute atomic E-state index is 0.0435. The number of hydrogen-bond acceptors (Lipinski definition) is 4. The number of ether oxygens (including phenoxy) is 1. The van der Waals surface area contributed by atoms with Gasteiger partial charge in [0, 0.05) is 17.6 Å². The first-order valence-corrected chi connectivity index (χ1v) is 11.5. The lowest BCUT2D eigenvalue weighted by Crippen LogP contribution is -2.46. The van der Waals surface area contributed by atoms with E-state index in [4.69, 9.17) is 27.9 Å². The van der Waals surface area contributed by atoms with Crippen LogP contribution < -0.4 is 4.74 Å². The largest absolute Gasteiger partial charge is 0.479 e. The van der Waals surface area contributed by atoms with Gasteiger partial charge in [-0.3, -0.25) is 4.79 Å². The third-order valence-electron chi connectivity index (χ3n) is 4.66. The Morgan fingerprint density at radius 2 is 1.96 bits per heavy atom. The average molecular weight is 442 g/mol. The highest BCUT2D eigenvalue weighted by Crippen LogP contribution is 2.26. The van der Waals surface area contributed by atoms with Crippen molar-refractivity contribution in [2.24, 2.45) is 0 Å². The van der Waals surface area contributed by atoms with Crippen LogP contribution >= 0.6 is 23.2 Å². The minimum Gasteiger partial charge on any atom is -0.479 e. The van der Waals surface area contributed by atoms with Crippen molar-refractivity contribution < 1.29 is 17.9 Å². The van der Waals surface area contributed by atoms with Crippen LogP contribution in [0.25, 0.3) is 0 Å². The molecule has 150 valence electrons. The molecule has 0 bridgehead atoms. The summed E-state index contributed by atoms with van der Waals surface area (Å²) in [6, 6.07) is 13.7. The molecule has 28 heavy (non-hydrogen) atoms. The van der Waals surface area contributed by atoms with Crippen molar-refractivity contribution in [2.45, 2.75) is 32.0 Å². The summed E-state index contributed by atoms with van der Waals surface area (Å²) in [5.74, 6) is 0.156. The van der Waals surface area contributed by atoms with Crippen LogP contribution in [0.4, 0.5) is 0 Å². The predicted octanol–water partition coefficient (Wildman–Crippen LogP) is 3.98. The Morgan fingerprint density at radius 1 is 1.21 bits per heavy atom. The summed E-state index contributed by atoms with van der Waals surface area (Å²) in [4.78, 5) is 14.8. The summed E-state index contributed by atoms with van der Waals surface area (Å²) in [6.07, 6.45) is -0.407. The van der Waals surface area contributed by atoms with Crippen molar-refractivity contribution >= 4 is 38.9 Å². The highest BCUT2D eigenvalue weighted by atomic mass is 35.5. The van der Waals surface area contributed by atoms with E-state index in [1.807, 2.05) is 6.07 Å². The van der Waals surface area contributed by atoms with Gasteiger partial charge in [0.25, 0.3) is 5.91 Å². The highest BCUT2D eigenvalue weighted by molar-refractivity contribution is 7.91. The molecule has 2 aromatic carbocycles. The zero-order chi connectivity index (χ0) is 20.3. The Bertz CT molecular complexity index is 964. The van der Waals surface area contributed by atoms with Crippen LogP contribution in [0.1, 0.15) is 18.9 Å². The standard InChI is InChI=1S/C20H21Cl2NO4S/c1-14(27-19-8-3-2-7-18(19)22)20(24)23(17-9-10-28(25,26)13-17)12-15-5-4-6-16(21)11-15/h2-8,11,14,17H,9-10,12-13H2,1H3. The van der Waals surface area contributed by atoms with Gasteiger partial charge in [0.1, 0.15) is 5.75 Å². The van der Waals surface area contributed by atoms with E-state index in [0.29, 0.717) is 22.2 Å². The van der Waals surface area contributed by atoms with E-state index in [-0.39, 0.29) is 24.0 Å². The van der Waals surface area contributed by atoms with E-state index in [1.165, 1.54) is 0 Å². The zero-order valence-electron chi connectivity index (χ0n) is 15.3. The summed E-state index contributed by atoms with van der Waals surface area (Å²) in [6.45, 7) is 1.90. The van der Waals surface area contributed by atoms with E-state index in [9.17, 15) is 13.2 Å². The third kappa shape index (κ3) is 5.19. The molecule has 2 atom stereocenters. The fourth-order valence-corrected chi connectivity index (χ4v) is 5.38. The molecule has 8 heteroatoms. The number of hydrogen-bond donors (Lipinski definition) is 0. The Balaban J connectivity index is 1.82. The third-order valence-corrected chi connectivity index (χ3v) is 6.96. The SMILES string of the molecule is CC(Oc1ccccc1Cl)C(=O)N(Cc1cccc(Cl)c1)C1CCS(=O)(=O)C1. The van der Waals surface area contributed by atoms with Gasteiger partial charge in [0.15, 0.2) is 15.9 Å². The lowest BCUT2D eigenvalue weighted by molar-refractivity contribution is -0.140. The van der Waals surface area contributed by atoms with Gasteiger partial charge in [-0.2, -0.15) is 0 Å². The van der Waals surface area contributed by atoms with Crippen LogP contribution in [0.2, 0.25) is 10.0 Å². The van der Waals surface area contributed by atoms with Gasteiger partial charge in [-0.25, -0.2) is 8.42 Å². The van der Waals surface area contributed by atoms with E-state index in [0.717, 1.165) is 5.56 Å². The predicted molar refractivity (Wildman–Crippen MR) is 111 cm³/mol. The van der Waals surface area contributed by atoms with Crippen LogP contribution in [0, 0.1) is 0 Å². The van der Waals surface area contributed by atoms with Crippen LogP contribution in [0.5, 0.6) is 5.75 Å². The second-order valence-electron chi connectivity index (χ2n) is 6.84. The number of nitrogens with zero attached hydrogens (tertiary/aromatic N) is 1. The maximum atomic E-state index is 13.2. The van der Waals surface area contributed by atoms with E-state index < -0.39 is 22.0 Å². The maximum Gasteiger partial charge on any atom is 0.263 e. The number of rotatable bonds is 6. The molecule has 0 aromatic heterocycles. The lowest BCUT2D eigenvalue weighted by atomic mass is 10.1. The lowest BCUT2D eigenvalue weighted by Gasteiger charge is -2.31. The van der Waals surface area contributed by atoms with Crippen molar-refractivity contribution in [1.82, 2.24) is 4.90 Å². The van der Waals surface area contributed by atoms with Crippen molar-refractivity contribution in [2.75, 3.05) is 11.5 Å². The number of carbonyl (C=O) groups is 1. The fraction of sp³-hybridized carbons (Fsp3) is 0.350. The molecule has 5 nitrogen and oxygen atoms in total.